The average molecular weight is 1450 g/mol. The number of hydrogen-bond donors (Lipinski definition) is 4. The molecule has 0 atom stereocenters. The SMILES string of the molecule is Nc1cc(C2(c3cc(N)c(O)c(C45CC6CC(CC(C6)C4)C5)c3)c3cc(C45CC6CC(CC(C6)C4)C5)c(C45CC6CC(CC(C6)C4)C5)c(C45CC6CC(CC(C6)C4)C5)c3-c3c2cc(C24CC5CC(CC(C5)C2)C4)c(C24CC5CC(CC(C5)C2)C4)c3C23CC4CC(CC(C4)C2)C3)cc(C23CC4CC(CC(C4)C2)C3)c1O. The molecular formula is C105H132N2O2. The summed E-state index contributed by atoms with van der Waals surface area (Å²) >= 11 is 0. The van der Waals surface area contributed by atoms with E-state index >= 15 is 0 Å². The zero-order valence-electron chi connectivity index (χ0n) is 66.8. The monoisotopic (exact) mass is 1450 g/mol. The third-order valence-electron chi connectivity index (χ3n) is 43.6. The lowest BCUT2D eigenvalue weighted by atomic mass is 9.40. The molecule has 0 saturated heterocycles. The number of nitrogens with two attached hydrogens (primary N) is 2. The third-order valence-corrected chi connectivity index (χ3v) is 43.6. The van der Waals surface area contributed by atoms with Crippen LogP contribution in [0.4, 0.5) is 11.4 Å². The minimum absolute atomic E-state index is 0.0824. The number of benzene rings is 4. The maximum Gasteiger partial charge on any atom is 0.142 e. The zero-order chi connectivity index (χ0) is 70.9. The van der Waals surface area contributed by atoms with Gasteiger partial charge in [0.15, 0.2) is 0 Å². The lowest BCUT2D eigenvalue weighted by Crippen LogP contribution is -2.55. The van der Waals surface area contributed by atoms with Crippen molar-refractivity contribution >= 4 is 11.4 Å². The molecule has 4 aromatic rings. The Bertz CT molecular complexity index is 4100. The average Bonchev–Trinajstić information content (AvgIpc) is 1.52. The van der Waals surface area contributed by atoms with Crippen molar-refractivity contribution < 1.29 is 10.2 Å². The van der Waals surface area contributed by atoms with Crippen LogP contribution >= 0.6 is 0 Å². The summed E-state index contributed by atoms with van der Waals surface area (Å²) in [6, 6.07) is 17.5. The van der Waals surface area contributed by atoms with Crippen molar-refractivity contribution in [1.82, 2.24) is 0 Å². The standard InChI is InChI=1S/C105H132N2O2/c106-87-27-79(25-85(95(87)108)99-37-61-7-62(38-99)9-63(8-61)39-99)105(80-26-86(96(109)88(107)28-80)100-40-64-10-65(41-100)12-66(11-64)42-100)81-29-83(97-31-55-1-56(32-97)3-57(2-55)33-97)91(101-43-67-13-68(44-101)15-69(14-67)45-101)93(103-49-73-19-74(50-103)21-75(20-73)51-103)89(81)90-82(105)30-84(98-34-58-4-59(35-98)6-60(5-58)36-98)92(102-46-70-16-71(47-102)18-72(17-70)48-102)94(90)104-52-76-22-77(53-104)24-78(23-76)54-104/h25-30,55-78,108-109H,1-24,31-54,106-107H2. The largest absolute Gasteiger partial charge is 0.505 e. The Labute approximate surface area is 653 Å². The molecule has 0 aliphatic heterocycles. The number of hydrogen-bond acceptors (Lipinski definition) is 4. The van der Waals surface area contributed by atoms with Crippen LogP contribution in [-0.2, 0) is 48.7 Å². The van der Waals surface area contributed by atoms with Gasteiger partial charge < -0.3 is 21.7 Å². The van der Waals surface area contributed by atoms with Gasteiger partial charge >= 0.3 is 0 Å². The summed E-state index contributed by atoms with van der Waals surface area (Å²) in [5.74, 6) is 20.7. The van der Waals surface area contributed by atoms with Crippen molar-refractivity contribution in [3.8, 4) is 22.6 Å². The fourth-order valence-electron chi connectivity index (χ4n) is 44.4. The first-order valence-electron chi connectivity index (χ1n) is 48.6. The molecule has 37 rings (SSSR count). The highest BCUT2D eigenvalue weighted by molar-refractivity contribution is 5.95. The highest BCUT2D eigenvalue weighted by atomic mass is 16.3. The number of rotatable bonds is 10. The minimum atomic E-state index is -0.801. The predicted molar refractivity (Wildman–Crippen MR) is 435 cm³/mol. The summed E-state index contributed by atoms with van der Waals surface area (Å²) in [4.78, 5) is 0. The number of aromatic hydroxyl groups is 2. The van der Waals surface area contributed by atoms with Crippen LogP contribution in [0.3, 0.4) is 0 Å². The van der Waals surface area contributed by atoms with Crippen molar-refractivity contribution in [1.29, 1.82) is 0 Å². The van der Waals surface area contributed by atoms with Gasteiger partial charge in [0.05, 0.1) is 16.8 Å². The van der Waals surface area contributed by atoms with E-state index in [1.165, 1.54) is 330 Å². The van der Waals surface area contributed by atoms with Crippen LogP contribution in [0.15, 0.2) is 36.4 Å². The first-order valence-corrected chi connectivity index (χ1v) is 48.6. The second-order valence-electron chi connectivity index (χ2n) is 50.4. The van der Waals surface area contributed by atoms with Crippen molar-refractivity contribution in [2.24, 2.45) is 142 Å². The maximum atomic E-state index is 13.8. The number of nitrogen functional groups attached to an aromatic ring is 2. The van der Waals surface area contributed by atoms with Gasteiger partial charge in [0.25, 0.3) is 0 Å². The Balaban J connectivity index is 0.842. The van der Waals surface area contributed by atoms with Crippen LogP contribution in [-0.4, -0.2) is 10.2 Å². The van der Waals surface area contributed by atoms with E-state index in [2.05, 4.69) is 58.7 Å². The van der Waals surface area contributed by atoms with Crippen LogP contribution in [0.1, 0.15) is 375 Å². The quantitative estimate of drug-likeness (QED) is 0.0828. The van der Waals surface area contributed by atoms with Crippen LogP contribution in [0, 0.1) is 142 Å². The highest BCUT2D eigenvalue weighted by Gasteiger charge is 2.69. The van der Waals surface area contributed by atoms with Crippen molar-refractivity contribution in [2.75, 3.05) is 11.5 Å². The topological polar surface area (TPSA) is 92.5 Å². The van der Waals surface area contributed by atoms with Gasteiger partial charge in [0.1, 0.15) is 11.5 Å². The van der Waals surface area contributed by atoms with Gasteiger partial charge in [-0.2, -0.15) is 0 Å². The second-order valence-corrected chi connectivity index (χ2v) is 50.4. The van der Waals surface area contributed by atoms with Gasteiger partial charge in [-0.25, -0.2) is 0 Å². The summed E-state index contributed by atoms with van der Waals surface area (Å²) in [6.45, 7) is 0. The minimum Gasteiger partial charge on any atom is -0.505 e. The van der Waals surface area contributed by atoms with Crippen molar-refractivity contribution in [2.45, 2.75) is 357 Å². The van der Waals surface area contributed by atoms with Crippen LogP contribution in [0.5, 0.6) is 11.5 Å². The van der Waals surface area contributed by atoms with Crippen LogP contribution < -0.4 is 11.5 Å². The van der Waals surface area contributed by atoms with Gasteiger partial charge in [-0.1, -0.05) is 12.1 Å². The fraction of sp³-hybridized carbons (Fsp3) is 0.771. The Morgan fingerprint density at radius 1 is 0.193 bits per heavy atom. The molecule has 32 fully saturated rings. The Morgan fingerprint density at radius 3 is 0.550 bits per heavy atom. The molecule has 0 heterocycles. The van der Waals surface area contributed by atoms with E-state index < -0.39 is 5.41 Å². The molecule has 0 aromatic heterocycles. The van der Waals surface area contributed by atoms with Crippen molar-refractivity contribution in [3.05, 3.63) is 103 Å². The molecule has 0 radical (unpaired) electrons. The van der Waals surface area contributed by atoms with E-state index in [1.807, 2.05) is 22.3 Å². The first-order chi connectivity index (χ1) is 52.9. The van der Waals surface area contributed by atoms with E-state index in [9.17, 15) is 10.2 Å². The Kier molecular flexibility index (Phi) is 12.3. The number of fused-ring (bicyclic) bond motifs is 3. The summed E-state index contributed by atoms with van der Waals surface area (Å²) in [7, 11) is 0. The van der Waals surface area contributed by atoms with E-state index in [0.717, 1.165) is 142 Å². The number of phenols is 2. The summed E-state index contributed by atoms with van der Waals surface area (Å²) in [6.07, 6.45) is 68.4. The van der Waals surface area contributed by atoms with Gasteiger partial charge in [-0.15, -0.1) is 0 Å². The molecule has 33 aliphatic carbocycles. The van der Waals surface area contributed by atoms with Gasteiger partial charge in [0.2, 0.25) is 0 Å². The molecule has 33 aliphatic rings. The number of phenolic OH excluding ortho intramolecular Hbond substituents is 2. The molecule has 109 heavy (non-hydrogen) atoms. The van der Waals surface area contributed by atoms with Gasteiger partial charge in [-0.05, 0) is 585 Å². The Hall–Kier alpha value is -3.92. The molecule has 4 aromatic carbocycles. The van der Waals surface area contributed by atoms with E-state index in [4.69, 9.17) is 11.5 Å². The molecule has 0 amide bonds. The van der Waals surface area contributed by atoms with E-state index in [0.29, 0.717) is 22.9 Å². The molecule has 6 N–H and O–H groups in total. The number of anilines is 2. The molecule has 32 saturated carbocycles. The molecule has 0 spiro atoms. The summed E-state index contributed by atoms with van der Waals surface area (Å²) < 4.78 is 0. The van der Waals surface area contributed by atoms with Gasteiger partial charge in [-0.3, -0.25) is 0 Å². The maximum absolute atomic E-state index is 13.8. The molecule has 32 bridgehead atoms. The van der Waals surface area contributed by atoms with E-state index in [-0.39, 0.29) is 43.3 Å². The fourth-order valence-corrected chi connectivity index (χ4v) is 44.4. The lowest BCUT2D eigenvalue weighted by molar-refractivity contribution is -0.0247. The van der Waals surface area contributed by atoms with Crippen molar-refractivity contribution in [3.63, 3.8) is 0 Å². The molecular weight excluding hydrogens is 1320 g/mol. The summed E-state index contributed by atoms with van der Waals surface area (Å²) in [5, 5.41) is 27.7. The van der Waals surface area contributed by atoms with Crippen LogP contribution in [0.2, 0.25) is 0 Å². The second kappa shape index (κ2) is 20.9. The third kappa shape index (κ3) is 8.36. The predicted octanol–water partition coefficient (Wildman–Crippen LogP) is 24.4. The molecule has 0 unspecified atom stereocenters. The molecule has 4 nitrogen and oxygen atoms in total. The van der Waals surface area contributed by atoms with E-state index in [1.54, 1.807) is 11.1 Å². The van der Waals surface area contributed by atoms with Crippen LogP contribution in [0.25, 0.3) is 11.1 Å². The lowest BCUT2D eigenvalue weighted by Gasteiger charge is -2.64. The Morgan fingerprint density at radius 2 is 0.358 bits per heavy atom. The molecule has 574 valence electrons. The zero-order valence-corrected chi connectivity index (χ0v) is 66.8. The first kappa shape index (κ1) is 64.3. The highest BCUT2D eigenvalue weighted by Crippen LogP contribution is 2.79. The van der Waals surface area contributed by atoms with Gasteiger partial charge in [0, 0.05) is 11.1 Å². The summed E-state index contributed by atoms with van der Waals surface area (Å²) in [5.41, 5.74) is 43.0. The molecule has 4 heteroatoms. The smallest absolute Gasteiger partial charge is 0.142 e. The normalized spacial score (nSPS) is 53.7.